The molecule has 1 atom stereocenters. The van der Waals surface area contributed by atoms with Crippen LogP contribution in [0.3, 0.4) is 0 Å². The van der Waals surface area contributed by atoms with Gasteiger partial charge >= 0.3 is 0 Å². The molecule has 5 heteroatoms. The summed E-state index contributed by atoms with van der Waals surface area (Å²) in [5.74, 6) is 1.48. The number of allylic oxidation sites excluding steroid dienone is 1. The molecule has 1 unspecified atom stereocenters. The average molecular weight is 469 g/mol. The first-order valence-corrected chi connectivity index (χ1v) is 12.8. The quantitative estimate of drug-likeness (QED) is 0.447. The Bertz CT molecular complexity index is 1340. The third-order valence-corrected chi connectivity index (χ3v) is 7.48. The van der Waals surface area contributed by atoms with Crippen LogP contribution in [0.15, 0.2) is 48.2 Å². The second kappa shape index (κ2) is 8.78. The van der Waals surface area contributed by atoms with Crippen molar-refractivity contribution in [3.8, 4) is 22.4 Å². The van der Waals surface area contributed by atoms with E-state index >= 15 is 0 Å². The number of fused-ring (bicyclic) bond motifs is 3. The van der Waals surface area contributed by atoms with E-state index in [2.05, 4.69) is 66.3 Å². The molecule has 1 saturated carbocycles. The number of aromatic nitrogens is 3. The van der Waals surface area contributed by atoms with Crippen molar-refractivity contribution in [1.82, 2.24) is 14.5 Å². The lowest BCUT2D eigenvalue weighted by molar-refractivity contribution is 0.237. The van der Waals surface area contributed by atoms with Crippen molar-refractivity contribution in [2.75, 3.05) is 11.9 Å². The molecule has 182 valence electrons. The minimum Gasteiger partial charge on any atom is -0.354 e. The van der Waals surface area contributed by atoms with Crippen LogP contribution in [-0.4, -0.2) is 21.1 Å². The first-order valence-electron chi connectivity index (χ1n) is 12.8. The van der Waals surface area contributed by atoms with Gasteiger partial charge in [0, 0.05) is 53.9 Å². The number of rotatable bonds is 6. The molecule has 0 spiro atoms. The van der Waals surface area contributed by atoms with Crippen molar-refractivity contribution < 1.29 is 0 Å². The molecule has 0 bridgehead atoms. The number of nitrogens with zero attached hydrogens (tertiary/aromatic N) is 3. The van der Waals surface area contributed by atoms with Crippen molar-refractivity contribution in [2.24, 2.45) is 11.3 Å². The maximum atomic E-state index is 13.0. The molecule has 35 heavy (non-hydrogen) atoms. The van der Waals surface area contributed by atoms with Crippen molar-refractivity contribution in [2.45, 2.75) is 66.3 Å². The Morgan fingerprint density at radius 3 is 2.46 bits per heavy atom. The van der Waals surface area contributed by atoms with Crippen LogP contribution in [0.25, 0.3) is 28.0 Å². The zero-order chi connectivity index (χ0) is 24.9. The van der Waals surface area contributed by atoms with Gasteiger partial charge in [-0.2, -0.15) is 0 Å². The predicted molar refractivity (Wildman–Crippen MR) is 145 cm³/mol. The Morgan fingerprint density at radius 2 is 1.86 bits per heavy atom. The standard InChI is InChI=1S/C30H36N4O/c1-7-20-10-24-21(11-23(20)22-15-32-29(33-16-22)31-14-19-8-9-19)12-28(30(4,5)6)34-17-25(18(2)3)27(35)13-26(24)34/h10-11,13,15-17,19,28H,2,7-9,12,14H2,1,3-6H3,(H,31,32,33). The van der Waals surface area contributed by atoms with Gasteiger partial charge in [-0.1, -0.05) is 40.3 Å². The van der Waals surface area contributed by atoms with Gasteiger partial charge in [0.1, 0.15) is 0 Å². The van der Waals surface area contributed by atoms with Crippen LogP contribution in [0.5, 0.6) is 0 Å². The molecule has 1 aromatic carbocycles. The summed E-state index contributed by atoms with van der Waals surface area (Å²) < 4.78 is 2.32. The minimum atomic E-state index is 0.0232. The lowest BCUT2D eigenvalue weighted by atomic mass is 9.77. The summed E-state index contributed by atoms with van der Waals surface area (Å²) in [6, 6.07) is 6.62. The molecule has 0 radical (unpaired) electrons. The molecule has 1 fully saturated rings. The molecular weight excluding hydrogens is 432 g/mol. The number of nitrogens with one attached hydrogen (secondary N) is 1. The number of hydrogen-bond donors (Lipinski definition) is 1. The van der Waals surface area contributed by atoms with E-state index < -0.39 is 0 Å². The van der Waals surface area contributed by atoms with E-state index in [-0.39, 0.29) is 16.9 Å². The Morgan fingerprint density at radius 1 is 1.14 bits per heavy atom. The summed E-state index contributed by atoms with van der Waals surface area (Å²) in [7, 11) is 0. The highest BCUT2D eigenvalue weighted by Crippen LogP contribution is 2.44. The van der Waals surface area contributed by atoms with Gasteiger partial charge in [0.15, 0.2) is 5.43 Å². The van der Waals surface area contributed by atoms with E-state index in [1.54, 1.807) is 0 Å². The SMILES string of the molecule is C=C(C)c1cn2c(cc1=O)-c1cc(CC)c(-c3cnc(NCC4CC4)nc3)cc1CC2C(C)(C)C. The summed E-state index contributed by atoms with van der Waals surface area (Å²) in [6.07, 6.45) is 10.3. The molecule has 2 aliphatic rings. The molecule has 1 aliphatic carbocycles. The van der Waals surface area contributed by atoms with Gasteiger partial charge in [-0.25, -0.2) is 9.97 Å². The third kappa shape index (κ3) is 4.56. The fraction of sp³-hybridized carbons (Fsp3) is 0.433. The second-order valence-corrected chi connectivity index (χ2v) is 11.3. The van der Waals surface area contributed by atoms with Crippen molar-refractivity contribution in [3.05, 3.63) is 70.3 Å². The molecule has 5 nitrogen and oxygen atoms in total. The number of anilines is 1. The fourth-order valence-corrected chi connectivity index (χ4v) is 5.15. The summed E-state index contributed by atoms with van der Waals surface area (Å²) >= 11 is 0. The highest BCUT2D eigenvalue weighted by atomic mass is 16.1. The van der Waals surface area contributed by atoms with Gasteiger partial charge in [-0.05, 0) is 72.3 Å². The molecule has 1 N–H and O–H groups in total. The first-order chi connectivity index (χ1) is 16.7. The number of pyridine rings is 1. The van der Waals surface area contributed by atoms with Crippen molar-refractivity contribution >= 4 is 11.5 Å². The van der Waals surface area contributed by atoms with Gasteiger partial charge in [-0.15, -0.1) is 0 Å². The Balaban J connectivity index is 1.60. The van der Waals surface area contributed by atoms with Crippen LogP contribution < -0.4 is 10.7 Å². The van der Waals surface area contributed by atoms with E-state index in [1.165, 1.54) is 29.5 Å². The van der Waals surface area contributed by atoms with E-state index in [4.69, 9.17) is 0 Å². The first kappa shape index (κ1) is 23.5. The monoisotopic (exact) mass is 468 g/mol. The smallest absolute Gasteiger partial charge is 0.222 e. The molecule has 3 heterocycles. The fourth-order valence-electron chi connectivity index (χ4n) is 5.15. The number of hydrogen-bond acceptors (Lipinski definition) is 4. The molecule has 3 aromatic rings. The lowest BCUT2D eigenvalue weighted by Gasteiger charge is -2.39. The average Bonchev–Trinajstić information content (AvgIpc) is 3.65. The Hall–Kier alpha value is -3.21. The van der Waals surface area contributed by atoms with E-state index in [1.807, 2.05) is 31.6 Å². The summed E-state index contributed by atoms with van der Waals surface area (Å²) in [5, 5.41) is 3.35. The third-order valence-electron chi connectivity index (χ3n) is 7.48. The molecule has 5 rings (SSSR count). The van der Waals surface area contributed by atoms with E-state index in [0.717, 1.165) is 47.7 Å². The Kier molecular flexibility index (Phi) is 5.90. The van der Waals surface area contributed by atoms with E-state index in [9.17, 15) is 4.79 Å². The van der Waals surface area contributed by atoms with Gasteiger partial charge in [0.05, 0.1) is 5.69 Å². The highest BCUT2D eigenvalue weighted by molar-refractivity contribution is 5.77. The minimum absolute atomic E-state index is 0.0232. The van der Waals surface area contributed by atoms with Crippen molar-refractivity contribution in [1.29, 1.82) is 0 Å². The van der Waals surface area contributed by atoms with Gasteiger partial charge in [0.2, 0.25) is 5.95 Å². The predicted octanol–water partition coefficient (Wildman–Crippen LogP) is 6.53. The molecule has 2 aromatic heterocycles. The molecular formula is C30H36N4O. The van der Waals surface area contributed by atoms with Gasteiger partial charge < -0.3 is 9.88 Å². The lowest BCUT2D eigenvalue weighted by Crippen LogP contribution is -2.32. The Labute approximate surface area is 208 Å². The van der Waals surface area contributed by atoms with Gasteiger partial charge in [-0.3, -0.25) is 4.79 Å². The number of benzene rings is 1. The van der Waals surface area contributed by atoms with Crippen LogP contribution in [0.2, 0.25) is 0 Å². The van der Waals surface area contributed by atoms with Crippen LogP contribution in [0.1, 0.15) is 70.2 Å². The zero-order valence-corrected chi connectivity index (χ0v) is 21.6. The summed E-state index contributed by atoms with van der Waals surface area (Å²) in [6.45, 7) is 15.9. The maximum absolute atomic E-state index is 13.0. The second-order valence-electron chi connectivity index (χ2n) is 11.3. The van der Waals surface area contributed by atoms with Crippen molar-refractivity contribution in [3.63, 3.8) is 0 Å². The zero-order valence-electron chi connectivity index (χ0n) is 21.6. The normalized spacial score (nSPS) is 17.0. The van der Waals surface area contributed by atoms with Crippen LogP contribution in [0, 0.1) is 11.3 Å². The molecule has 1 aliphatic heterocycles. The number of aryl methyl sites for hydroxylation is 1. The van der Waals surface area contributed by atoms with Crippen LogP contribution >= 0.6 is 0 Å². The summed E-state index contributed by atoms with van der Waals surface area (Å²) in [4.78, 5) is 22.2. The largest absolute Gasteiger partial charge is 0.354 e. The highest BCUT2D eigenvalue weighted by Gasteiger charge is 2.33. The molecule has 0 saturated heterocycles. The summed E-state index contributed by atoms with van der Waals surface area (Å²) in [5.41, 5.74) is 8.45. The van der Waals surface area contributed by atoms with Crippen LogP contribution in [0.4, 0.5) is 5.95 Å². The van der Waals surface area contributed by atoms with Crippen LogP contribution in [-0.2, 0) is 12.8 Å². The maximum Gasteiger partial charge on any atom is 0.222 e. The van der Waals surface area contributed by atoms with Gasteiger partial charge in [0.25, 0.3) is 0 Å². The van der Waals surface area contributed by atoms with E-state index in [0.29, 0.717) is 11.5 Å². The molecule has 0 amide bonds. The topological polar surface area (TPSA) is 59.8 Å².